The molecule has 0 radical (unpaired) electrons. The maximum Gasteiger partial charge on any atom is 0.409 e. The van der Waals surface area contributed by atoms with Crippen molar-refractivity contribution in [2.24, 2.45) is 0 Å². The summed E-state index contributed by atoms with van der Waals surface area (Å²) in [6.45, 7) is 3.49. The third kappa shape index (κ3) is 4.88. The number of rotatable bonds is 3. The number of hydrogen-bond donors (Lipinski definition) is 1. The Balaban J connectivity index is 1.54. The fourth-order valence-electron chi connectivity index (χ4n) is 3.55. The molecule has 1 aromatic rings. The molecule has 26 heavy (non-hydrogen) atoms. The predicted octanol–water partition coefficient (Wildman–Crippen LogP) is 1.62. The van der Waals surface area contributed by atoms with Gasteiger partial charge in [-0.2, -0.15) is 0 Å². The van der Waals surface area contributed by atoms with E-state index >= 15 is 0 Å². The van der Waals surface area contributed by atoms with Crippen LogP contribution in [0.5, 0.6) is 5.75 Å². The quantitative estimate of drug-likeness (QED) is 0.886. The molecule has 0 aliphatic carbocycles. The SMILES string of the molecule is COC(=O)N1CCCC[C@H](NC(=O)CN2CCOc3ccccc3C2)C1. The lowest BCUT2D eigenvalue weighted by molar-refractivity contribution is -0.123. The molecule has 1 atom stereocenters. The van der Waals surface area contributed by atoms with E-state index in [2.05, 4.69) is 10.2 Å². The summed E-state index contributed by atoms with van der Waals surface area (Å²) >= 11 is 0. The second kappa shape index (κ2) is 8.89. The Bertz CT molecular complexity index is 637. The lowest BCUT2D eigenvalue weighted by Gasteiger charge is -2.25. The molecule has 2 amide bonds. The molecule has 0 spiro atoms. The number of para-hydroxylation sites is 1. The highest BCUT2D eigenvalue weighted by atomic mass is 16.5. The van der Waals surface area contributed by atoms with E-state index in [9.17, 15) is 9.59 Å². The van der Waals surface area contributed by atoms with Crippen molar-refractivity contribution in [3.8, 4) is 5.75 Å². The minimum atomic E-state index is -0.326. The van der Waals surface area contributed by atoms with Crippen molar-refractivity contribution >= 4 is 12.0 Å². The number of hydrogen-bond acceptors (Lipinski definition) is 5. The van der Waals surface area contributed by atoms with Crippen LogP contribution >= 0.6 is 0 Å². The monoisotopic (exact) mass is 361 g/mol. The molecule has 7 nitrogen and oxygen atoms in total. The van der Waals surface area contributed by atoms with E-state index in [1.807, 2.05) is 24.3 Å². The average Bonchev–Trinajstić information content (AvgIpc) is 2.99. The van der Waals surface area contributed by atoms with Crippen LogP contribution < -0.4 is 10.1 Å². The number of nitrogens with zero attached hydrogens (tertiary/aromatic N) is 2. The van der Waals surface area contributed by atoms with Gasteiger partial charge in [-0.15, -0.1) is 0 Å². The number of nitrogens with one attached hydrogen (secondary N) is 1. The van der Waals surface area contributed by atoms with Gasteiger partial charge in [0.15, 0.2) is 0 Å². The average molecular weight is 361 g/mol. The van der Waals surface area contributed by atoms with Crippen molar-refractivity contribution in [2.45, 2.75) is 31.8 Å². The molecule has 1 N–H and O–H groups in total. The summed E-state index contributed by atoms with van der Waals surface area (Å²) < 4.78 is 10.6. The van der Waals surface area contributed by atoms with E-state index in [1.165, 1.54) is 7.11 Å². The maximum absolute atomic E-state index is 12.5. The van der Waals surface area contributed by atoms with Gasteiger partial charge < -0.3 is 19.7 Å². The Morgan fingerprint density at radius 2 is 2.12 bits per heavy atom. The van der Waals surface area contributed by atoms with Gasteiger partial charge in [-0.05, 0) is 25.3 Å². The van der Waals surface area contributed by atoms with E-state index in [0.717, 1.165) is 30.6 Å². The molecule has 142 valence electrons. The summed E-state index contributed by atoms with van der Waals surface area (Å²) in [6.07, 6.45) is 2.48. The van der Waals surface area contributed by atoms with Gasteiger partial charge in [-0.25, -0.2) is 4.79 Å². The third-order valence-corrected chi connectivity index (χ3v) is 4.87. The summed E-state index contributed by atoms with van der Waals surface area (Å²) in [5.41, 5.74) is 1.10. The van der Waals surface area contributed by atoms with Gasteiger partial charge in [0, 0.05) is 37.8 Å². The molecule has 3 rings (SSSR count). The number of benzene rings is 1. The largest absolute Gasteiger partial charge is 0.492 e. The predicted molar refractivity (Wildman–Crippen MR) is 97.0 cm³/mol. The molecular formula is C19H27N3O4. The van der Waals surface area contributed by atoms with Crippen LogP contribution in [-0.4, -0.2) is 67.7 Å². The Hall–Kier alpha value is -2.28. The second-order valence-electron chi connectivity index (χ2n) is 6.84. The van der Waals surface area contributed by atoms with Crippen LogP contribution in [0.4, 0.5) is 4.79 Å². The first-order valence-corrected chi connectivity index (χ1v) is 9.21. The number of amides is 2. The Morgan fingerprint density at radius 1 is 1.27 bits per heavy atom. The summed E-state index contributed by atoms with van der Waals surface area (Å²) in [7, 11) is 1.39. The highest BCUT2D eigenvalue weighted by Crippen LogP contribution is 2.22. The molecule has 1 saturated heterocycles. The Kier molecular flexibility index (Phi) is 6.33. The van der Waals surface area contributed by atoms with Crippen molar-refractivity contribution in [1.82, 2.24) is 15.1 Å². The summed E-state index contributed by atoms with van der Waals surface area (Å²) in [4.78, 5) is 28.1. The number of carbonyl (C=O) groups excluding carboxylic acids is 2. The number of fused-ring (bicyclic) bond motifs is 1. The number of ether oxygens (including phenoxy) is 2. The molecule has 7 heteroatoms. The van der Waals surface area contributed by atoms with Crippen molar-refractivity contribution in [3.05, 3.63) is 29.8 Å². The van der Waals surface area contributed by atoms with Crippen molar-refractivity contribution in [2.75, 3.05) is 39.9 Å². The first-order valence-electron chi connectivity index (χ1n) is 9.21. The van der Waals surface area contributed by atoms with Crippen LogP contribution in [0.3, 0.4) is 0 Å². The fraction of sp³-hybridized carbons (Fsp3) is 0.579. The van der Waals surface area contributed by atoms with E-state index in [-0.39, 0.29) is 18.0 Å². The summed E-state index contributed by atoms with van der Waals surface area (Å²) in [5, 5.41) is 3.09. The molecule has 2 aliphatic rings. The lowest BCUT2D eigenvalue weighted by atomic mass is 10.1. The van der Waals surface area contributed by atoms with Crippen LogP contribution in [0.15, 0.2) is 24.3 Å². The topological polar surface area (TPSA) is 71.1 Å². The van der Waals surface area contributed by atoms with Gasteiger partial charge in [0.1, 0.15) is 12.4 Å². The molecule has 2 heterocycles. The van der Waals surface area contributed by atoms with Gasteiger partial charge in [-0.1, -0.05) is 18.2 Å². The van der Waals surface area contributed by atoms with Crippen LogP contribution in [0.1, 0.15) is 24.8 Å². The van der Waals surface area contributed by atoms with E-state index < -0.39 is 0 Å². The third-order valence-electron chi connectivity index (χ3n) is 4.87. The van der Waals surface area contributed by atoms with Crippen molar-refractivity contribution in [1.29, 1.82) is 0 Å². The minimum Gasteiger partial charge on any atom is -0.492 e. The zero-order valence-corrected chi connectivity index (χ0v) is 15.3. The summed E-state index contributed by atoms with van der Waals surface area (Å²) in [6, 6.07) is 7.91. The van der Waals surface area contributed by atoms with Gasteiger partial charge in [0.05, 0.1) is 13.7 Å². The standard InChI is InChI=1S/C19H27N3O4/c1-25-19(24)22-9-5-4-7-16(13-22)20-18(23)14-21-10-11-26-17-8-3-2-6-15(17)12-21/h2-3,6,8,16H,4-5,7,9-14H2,1H3,(H,20,23)/t16-/m0/s1. The van der Waals surface area contributed by atoms with Crippen LogP contribution in [-0.2, 0) is 16.1 Å². The Morgan fingerprint density at radius 3 is 2.96 bits per heavy atom. The van der Waals surface area contributed by atoms with Crippen LogP contribution in [0.25, 0.3) is 0 Å². The summed E-state index contributed by atoms with van der Waals surface area (Å²) in [5.74, 6) is 0.883. The number of likely N-dealkylation sites (tertiary alicyclic amines) is 1. The molecule has 0 aromatic heterocycles. The molecule has 0 saturated carbocycles. The highest BCUT2D eigenvalue weighted by Gasteiger charge is 2.24. The molecule has 1 aromatic carbocycles. The first kappa shape index (κ1) is 18.5. The normalized spacial score (nSPS) is 21.0. The van der Waals surface area contributed by atoms with Gasteiger partial charge >= 0.3 is 6.09 Å². The van der Waals surface area contributed by atoms with Crippen LogP contribution in [0, 0.1) is 0 Å². The second-order valence-corrected chi connectivity index (χ2v) is 6.84. The Labute approximate surface area is 154 Å². The highest BCUT2D eigenvalue weighted by molar-refractivity contribution is 5.78. The molecule has 1 fully saturated rings. The molecule has 0 unspecified atom stereocenters. The van der Waals surface area contributed by atoms with E-state index in [0.29, 0.717) is 39.3 Å². The molecular weight excluding hydrogens is 334 g/mol. The van der Waals surface area contributed by atoms with Crippen molar-refractivity contribution < 1.29 is 19.1 Å². The lowest BCUT2D eigenvalue weighted by Crippen LogP contribution is -2.47. The fourth-order valence-corrected chi connectivity index (χ4v) is 3.55. The zero-order valence-electron chi connectivity index (χ0n) is 15.3. The maximum atomic E-state index is 12.5. The van der Waals surface area contributed by atoms with Gasteiger partial charge in [-0.3, -0.25) is 9.69 Å². The van der Waals surface area contributed by atoms with Gasteiger partial charge in [0.25, 0.3) is 0 Å². The smallest absolute Gasteiger partial charge is 0.409 e. The molecule has 0 bridgehead atoms. The number of carbonyl (C=O) groups is 2. The van der Waals surface area contributed by atoms with Crippen LogP contribution in [0.2, 0.25) is 0 Å². The van der Waals surface area contributed by atoms with E-state index in [4.69, 9.17) is 9.47 Å². The van der Waals surface area contributed by atoms with E-state index in [1.54, 1.807) is 4.90 Å². The number of methoxy groups -OCH3 is 1. The first-order chi connectivity index (χ1) is 12.7. The molecule has 2 aliphatic heterocycles. The van der Waals surface area contributed by atoms with Gasteiger partial charge in [0.2, 0.25) is 5.91 Å². The zero-order chi connectivity index (χ0) is 18.4. The van der Waals surface area contributed by atoms with Crippen molar-refractivity contribution in [3.63, 3.8) is 0 Å². The minimum absolute atomic E-state index is 0.0129.